The van der Waals surface area contributed by atoms with Crippen LogP contribution in [0.5, 0.6) is 5.75 Å². The second kappa shape index (κ2) is 9.96. The first kappa shape index (κ1) is 20.0. The Morgan fingerprint density at radius 2 is 1.63 bits per heavy atom. The van der Waals surface area contributed by atoms with Crippen LogP contribution in [0.2, 0.25) is 0 Å². The summed E-state index contributed by atoms with van der Waals surface area (Å²) in [6.07, 6.45) is 0. The summed E-state index contributed by atoms with van der Waals surface area (Å²) >= 11 is 0. The number of benzene rings is 2. The molecule has 0 radical (unpaired) electrons. The molecule has 0 saturated carbocycles. The van der Waals surface area contributed by atoms with Gasteiger partial charge in [0.25, 0.3) is 5.91 Å². The standard InChI is InChI=1S/C20H22N2O5/c1-14(23)21-11-15-7-9-16(10-8-15)20(25)27-13-19(24)22-12-17-5-3-4-6-18(17)26-2/h3-10H,11-13H2,1-2H3,(H,21,23)(H,22,24). The molecule has 2 amide bonds. The van der Waals surface area contributed by atoms with Crippen LogP contribution in [0.3, 0.4) is 0 Å². The molecule has 0 atom stereocenters. The van der Waals surface area contributed by atoms with E-state index in [0.717, 1.165) is 11.1 Å². The van der Waals surface area contributed by atoms with E-state index in [2.05, 4.69) is 10.6 Å². The van der Waals surface area contributed by atoms with Crippen molar-refractivity contribution >= 4 is 17.8 Å². The Morgan fingerprint density at radius 3 is 2.30 bits per heavy atom. The molecule has 2 rings (SSSR count). The van der Waals surface area contributed by atoms with Crippen LogP contribution in [0, 0.1) is 0 Å². The lowest BCUT2D eigenvalue weighted by Gasteiger charge is -2.10. The van der Waals surface area contributed by atoms with Crippen molar-refractivity contribution in [1.82, 2.24) is 10.6 Å². The highest BCUT2D eigenvalue weighted by molar-refractivity contribution is 5.91. The largest absolute Gasteiger partial charge is 0.496 e. The van der Waals surface area contributed by atoms with Crippen LogP contribution in [-0.4, -0.2) is 31.5 Å². The molecule has 2 aromatic carbocycles. The number of nitrogens with one attached hydrogen (secondary N) is 2. The maximum Gasteiger partial charge on any atom is 0.338 e. The molecule has 0 aromatic heterocycles. The van der Waals surface area contributed by atoms with Gasteiger partial charge in [-0.2, -0.15) is 0 Å². The number of methoxy groups -OCH3 is 1. The van der Waals surface area contributed by atoms with Crippen LogP contribution in [0.15, 0.2) is 48.5 Å². The zero-order valence-corrected chi connectivity index (χ0v) is 15.3. The Bertz CT molecular complexity index is 802. The summed E-state index contributed by atoms with van der Waals surface area (Å²) in [6, 6.07) is 13.9. The minimum atomic E-state index is -0.589. The van der Waals surface area contributed by atoms with Crippen molar-refractivity contribution in [3.05, 3.63) is 65.2 Å². The summed E-state index contributed by atoms with van der Waals surface area (Å²) in [6.45, 7) is 1.72. The van der Waals surface area contributed by atoms with E-state index in [-0.39, 0.29) is 19.1 Å². The highest BCUT2D eigenvalue weighted by atomic mass is 16.5. The minimum Gasteiger partial charge on any atom is -0.496 e. The Balaban J connectivity index is 1.79. The van der Waals surface area contributed by atoms with Crippen molar-refractivity contribution in [2.75, 3.05) is 13.7 Å². The molecule has 2 aromatic rings. The van der Waals surface area contributed by atoms with E-state index in [1.807, 2.05) is 18.2 Å². The van der Waals surface area contributed by atoms with Gasteiger partial charge in [0.2, 0.25) is 5.91 Å². The van der Waals surface area contributed by atoms with E-state index in [1.54, 1.807) is 37.4 Å². The lowest BCUT2D eigenvalue weighted by atomic mass is 10.1. The highest BCUT2D eigenvalue weighted by Gasteiger charge is 2.11. The molecular formula is C20H22N2O5. The van der Waals surface area contributed by atoms with Gasteiger partial charge >= 0.3 is 5.97 Å². The second-order valence-electron chi connectivity index (χ2n) is 5.77. The quantitative estimate of drug-likeness (QED) is 0.691. The molecule has 0 saturated heterocycles. The van der Waals surface area contributed by atoms with Crippen molar-refractivity contribution in [2.45, 2.75) is 20.0 Å². The fourth-order valence-electron chi connectivity index (χ4n) is 2.29. The summed E-state index contributed by atoms with van der Waals surface area (Å²) in [7, 11) is 1.56. The third-order valence-electron chi connectivity index (χ3n) is 3.73. The van der Waals surface area contributed by atoms with Gasteiger partial charge in [-0.25, -0.2) is 4.79 Å². The molecule has 142 valence electrons. The SMILES string of the molecule is COc1ccccc1CNC(=O)COC(=O)c1ccc(CNC(C)=O)cc1. The lowest BCUT2D eigenvalue weighted by Crippen LogP contribution is -2.28. The van der Waals surface area contributed by atoms with Gasteiger partial charge in [-0.3, -0.25) is 9.59 Å². The third kappa shape index (κ3) is 6.47. The summed E-state index contributed by atoms with van der Waals surface area (Å²) in [5, 5.41) is 5.35. The molecule has 7 nitrogen and oxygen atoms in total. The lowest BCUT2D eigenvalue weighted by molar-refractivity contribution is -0.124. The zero-order chi connectivity index (χ0) is 19.6. The number of ether oxygens (including phenoxy) is 2. The van der Waals surface area contributed by atoms with E-state index in [9.17, 15) is 14.4 Å². The van der Waals surface area contributed by atoms with E-state index in [0.29, 0.717) is 17.9 Å². The van der Waals surface area contributed by atoms with Gasteiger partial charge in [-0.1, -0.05) is 30.3 Å². The Labute approximate surface area is 157 Å². The Morgan fingerprint density at radius 1 is 0.926 bits per heavy atom. The van der Waals surface area contributed by atoms with Crippen molar-refractivity contribution in [3.8, 4) is 5.75 Å². The molecule has 0 spiro atoms. The van der Waals surface area contributed by atoms with Gasteiger partial charge in [0.15, 0.2) is 6.61 Å². The molecule has 0 aliphatic rings. The van der Waals surface area contributed by atoms with Crippen molar-refractivity contribution < 1.29 is 23.9 Å². The van der Waals surface area contributed by atoms with Gasteiger partial charge in [0, 0.05) is 25.6 Å². The fourth-order valence-corrected chi connectivity index (χ4v) is 2.29. The Hall–Kier alpha value is -3.35. The molecule has 0 aliphatic carbocycles. The molecular weight excluding hydrogens is 348 g/mol. The van der Waals surface area contributed by atoms with E-state index in [1.165, 1.54) is 6.92 Å². The summed E-state index contributed by atoms with van der Waals surface area (Å²) < 4.78 is 10.2. The van der Waals surface area contributed by atoms with E-state index in [4.69, 9.17) is 9.47 Å². The number of rotatable bonds is 8. The van der Waals surface area contributed by atoms with Crippen LogP contribution in [-0.2, 0) is 27.4 Å². The monoisotopic (exact) mass is 370 g/mol. The smallest absolute Gasteiger partial charge is 0.338 e. The molecule has 0 heterocycles. The minimum absolute atomic E-state index is 0.127. The van der Waals surface area contributed by atoms with Crippen LogP contribution in [0.1, 0.15) is 28.4 Å². The third-order valence-corrected chi connectivity index (χ3v) is 3.73. The summed E-state index contributed by atoms with van der Waals surface area (Å²) in [5.41, 5.74) is 2.02. The average Bonchev–Trinajstić information content (AvgIpc) is 2.69. The van der Waals surface area contributed by atoms with E-state index < -0.39 is 11.9 Å². The molecule has 0 fully saturated rings. The Kier molecular flexibility index (Phi) is 7.37. The first-order valence-electron chi connectivity index (χ1n) is 8.38. The number of para-hydroxylation sites is 1. The number of carbonyl (C=O) groups excluding carboxylic acids is 3. The molecule has 0 aliphatic heterocycles. The maximum atomic E-state index is 12.0. The normalized spacial score (nSPS) is 10.0. The number of esters is 1. The predicted molar refractivity (Wildman–Crippen MR) is 99.1 cm³/mol. The number of amides is 2. The van der Waals surface area contributed by atoms with Gasteiger partial charge < -0.3 is 20.1 Å². The molecule has 7 heteroatoms. The average molecular weight is 370 g/mol. The molecule has 0 unspecified atom stereocenters. The van der Waals surface area contributed by atoms with Gasteiger partial charge in [0.05, 0.1) is 12.7 Å². The first-order chi connectivity index (χ1) is 13.0. The fraction of sp³-hybridized carbons (Fsp3) is 0.250. The summed E-state index contributed by atoms with van der Waals surface area (Å²) in [4.78, 5) is 34.8. The van der Waals surface area contributed by atoms with Crippen molar-refractivity contribution in [2.24, 2.45) is 0 Å². The topological polar surface area (TPSA) is 93.7 Å². The van der Waals surface area contributed by atoms with Crippen LogP contribution in [0.25, 0.3) is 0 Å². The second-order valence-corrected chi connectivity index (χ2v) is 5.77. The molecule has 0 bridgehead atoms. The number of hydrogen-bond donors (Lipinski definition) is 2. The zero-order valence-electron chi connectivity index (χ0n) is 15.3. The number of hydrogen-bond acceptors (Lipinski definition) is 5. The summed E-state index contributed by atoms with van der Waals surface area (Å²) in [5.74, 6) is -0.447. The molecule has 27 heavy (non-hydrogen) atoms. The van der Waals surface area contributed by atoms with Gasteiger partial charge in [-0.15, -0.1) is 0 Å². The van der Waals surface area contributed by atoms with Gasteiger partial charge in [-0.05, 0) is 23.8 Å². The number of carbonyl (C=O) groups is 3. The van der Waals surface area contributed by atoms with Crippen molar-refractivity contribution in [1.29, 1.82) is 0 Å². The van der Waals surface area contributed by atoms with Crippen LogP contribution >= 0.6 is 0 Å². The highest BCUT2D eigenvalue weighted by Crippen LogP contribution is 2.16. The van der Waals surface area contributed by atoms with E-state index >= 15 is 0 Å². The molecule has 2 N–H and O–H groups in total. The van der Waals surface area contributed by atoms with Gasteiger partial charge in [0.1, 0.15) is 5.75 Å². The first-order valence-corrected chi connectivity index (χ1v) is 8.38. The predicted octanol–water partition coefficient (Wildman–Crippen LogP) is 1.80. The van der Waals surface area contributed by atoms with Crippen LogP contribution < -0.4 is 15.4 Å². The maximum absolute atomic E-state index is 12.0. The van der Waals surface area contributed by atoms with Crippen LogP contribution in [0.4, 0.5) is 0 Å². The van der Waals surface area contributed by atoms with Crippen molar-refractivity contribution in [3.63, 3.8) is 0 Å².